The highest BCUT2D eigenvalue weighted by molar-refractivity contribution is 14.1. The molecule has 3 aromatic rings. The molecule has 3 saturated heterocycles. The lowest BCUT2D eigenvalue weighted by molar-refractivity contribution is 0.0647. The molecule has 0 spiro atoms. The highest BCUT2D eigenvalue weighted by Crippen LogP contribution is 2.38. The first kappa shape index (κ1) is 21.1. The molecule has 3 heteroatoms. The molecular formula is C27H27IN2. The van der Waals surface area contributed by atoms with Crippen LogP contribution >= 0.6 is 22.6 Å². The molecule has 3 aromatic carbocycles. The Morgan fingerprint density at radius 1 is 0.533 bits per heavy atom. The molecular weight excluding hydrogens is 479 g/mol. The third-order valence-corrected chi connectivity index (χ3v) is 6.32. The SMILES string of the molecule is C1CN2CCN1CC2.IC#CC(c1ccccc1)(c1ccccc1)c1ccccc1. The van der Waals surface area contributed by atoms with E-state index in [1.54, 1.807) is 0 Å². The molecule has 152 valence electrons. The van der Waals surface area contributed by atoms with E-state index in [1.807, 2.05) is 18.2 Å². The number of benzene rings is 3. The number of hydrogen-bond acceptors (Lipinski definition) is 2. The number of fused-ring (bicyclic) bond motifs is 3. The molecule has 0 N–H and O–H groups in total. The monoisotopic (exact) mass is 506 g/mol. The second-order valence-electron chi connectivity index (χ2n) is 7.75. The molecule has 0 radical (unpaired) electrons. The fraction of sp³-hybridized carbons (Fsp3) is 0.259. The van der Waals surface area contributed by atoms with E-state index in [1.165, 1.54) is 56.0 Å². The number of hydrogen-bond donors (Lipinski definition) is 0. The first-order valence-corrected chi connectivity index (χ1v) is 11.6. The van der Waals surface area contributed by atoms with Gasteiger partial charge >= 0.3 is 0 Å². The van der Waals surface area contributed by atoms with Gasteiger partial charge in [-0.2, -0.15) is 0 Å². The highest BCUT2D eigenvalue weighted by Gasteiger charge is 2.34. The van der Waals surface area contributed by atoms with Gasteiger partial charge in [-0.15, -0.1) is 0 Å². The number of piperazine rings is 3. The molecule has 0 aliphatic carbocycles. The molecule has 0 amide bonds. The van der Waals surface area contributed by atoms with Crippen LogP contribution in [0.3, 0.4) is 0 Å². The lowest BCUT2D eigenvalue weighted by Gasteiger charge is -2.41. The molecule has 3 aliphatic heterocycles. The van der Waals surface area contributed by atoms with Gasteiger partial charge in [0.15, 0.2) is 0 Å². The van der Waals surface area contributed by atoms with Gasteiger partial charge in [0.05, 0.1) is 0 Å². The first-order valence-electron chi connectivity index (χ1n) is 10.6. The molecule has 0 atom stereocenters. The maximum Gasteiger partial charge on any atom is 0.107 e. The van der Waals surface area contributed by atoms with Crippen molar-refractivity contribution in [3.05, 3.63) is 108 Å². The standard InChI is InChI=1S/C21H15I.C6H12N2/c22-17-16-21(18-10-4-1-5-11-18,19-12-6-2-7-13-19)20-14-8-3-9-15-20;1-2-8-5-3-7(1)4-6-8/h1-15H;1-6H2. The van der Waals surface area contributed by atoms with Crippen molar-refractivity contribution in [2.75, 3.05) is 39.3 Å². The molecule has 2 bridgehead atoms. The summed E-state index contributed by atoms with van der Waals surface area (Å²) in [5.41, 5.74) is 3.13. The van der Waals surface area contributed by atoms with Gasteiger partial charge in [0.1, 0.15) is 5.41 Å². The van der Waals surface area contributed by atoms with Gasteiger partial charge in [-0.05, 0) is 20.6 Å². The zero-order valence-electron chi connectivity index (χ0n) is 17.2. The van der Waals surface area contributed by atoms with E-state index in [2.05, 4.69) is 115 Å². The van der Waals surface area contributed by atoms with Gasteiger partial charge in [-0.25, -0.2) is 0 Å². The Labute approximate surface area is 194 Å². The van der Waals surface area contributed by atoms with Crippen LogP contribution in [-0.2, 0) is 5.41 Å². The van der Waals surface area contributed by atoms with Crippen molar-refractivity contribution in [2.45, 2.75) is 5.41 Å². The van der Waals surface area contributed by atoms with E-state index in [0.29, 0.717) is 0 Å². The van der Waals surface area contributed by atoms with E-state index >= 15 is 0 Å². The van der Waals surface area contributed by atoms with Crippen LogP contribution in [0.1, 0.15) is 16.7 Å². The molecule has 3 heterocycles. The molecule has 3 fully saturated rings. The smallest absolute Gasteiger partial charge is 0.107 e. The second kappa shape index (κ2) is 10.3. The van der Waals surface area contributed by atoms with Crippen molar-refractivity contribution in [1.29, 1.82) is 0 Å². The minimum absolute atomic E-state index is 0.440. The molecule has 0 unspecified atom stereocenters. The summed E-state index contributed by atoms with van der Waals surface area (Å²) < 4.78 is 3.12. The quantitative estimate of drug-likeness (QED) is 0.279. The fourth-order valence-electron chi connectivity index (χ4n) is 4.37. The predicted octanol–water partition coefficient (Wildman–Crippen LogP) is 5.03. The lowest BCUT2D eigenvalue weighted by atomic mass is 9.70. The van der Waals surface area contributed by atoms with Crippen molar-refractivity contribution in [1.82, 2.24) is 9.80 Å². The molecule has 6 rings (SSSR count). The van der Waals surface area contributed by atoms with Crippen molar-refractivity contribution in [3.8, 4) is 9.85 Å². The fourth-order valence-corrected chi connectivity index (χ4v) is 4.78. The number of nitrogens with zero attached hydrogens (tertiary/aromatic N) is 2. The van der Waals surface area contributed by atoms with Crippen LogP contribution in [0.4, 0.5) is 0 Å². The Morgan fingerprint density at radius 2 is 0.833 bits per heavy atom. The van der Waals surface area contributed by atoms with Crippen LogP contribution < -0.4 is 0 Å². The first-order chi connectivity index (χ1) is 14.8. The summed E-state index contributed by atoms with van der Waals surface area (Å²) in [6.45, 7) is 7.92. The lowest BCUT2D eigenvalue weighted by Crippen LogP contribution is -2.55. The van der Waals surface area contributed by atoms with Gasteiger partial charge in [-0.1, -0.05) is 96.9 Å². The highest BCUT2D eigenvalue weighted by atomic mass is 127. The normalized spacial score (nSPS) is 19.8. The van der Waals surface area contributed by atoms with Crippen LogP contribution in [0.15, 0.2) is 91.0 Å². The average Bonchev–Trinajstić information content (AvgIpc) is 2.86. The zero-order chi connectivity index (χ0) is 20.7. The van der Waals surface area contributed by atoms with E-state index < -0.39 is 5.41 Å². The summed E-state index contributed by atoms with van der Waals surface area (Å²) in [4.78, 5) is 5.08. The Kier molecular flexibility index (Phi) is 7.22. The Hall–Kier alpha value is -2.13. The third-order valence-electron chi connectivity index (χ3n) is 6.05. The summed E-state index contributed by atoms with van der Waals surface area (Å²) in [5, 5.41) is 0. The largest absolute Gasteiger partial charge is 0.300 e. The summed E-state index contributed by atoms with van der Waals surface area (Å²) in [7, 11) is 0. The number of rotatable bonds is 3. The summed E-state index contributed by atoms with van der Waals surface area (Å²) >= 11 is 2.13. The van der Waals surface area contributed by atoms with Gasteiger partial charge < -0.3 is 0 Å². The Balaban J connectivity index is 0.000000225. The summed E-state index contributed by atoms with van der Waals surface area (Å²) in [6.07, 6.45) is 0. The van der Waals surface area contributed by atoms with E-state index in [0.717, 1.165) is 0 Å². The van der Waals surface area contributed by atoms with Gasteiger partial charge in [0, 0.05) is 61.9 Å². The minimum Gasteiger partial charge on any atom is -0.300 e. The van der Waals surface area contributed by atoms with Crippen LogP contribution in [0, 0.1) is 9.85 Å². The predicted molar refractivity (Wildman–Crippen MR) is 134 cm³/mol. The van der Waals surface area contributed by atoms with Crippen LogP contribution in [0.2, 0.25) is 0 Å². The van der Waals surface area contributed by atoms with Crippen molar-refractivity contribution in [2.24, 2.45) is 0 Å². The molecule has 30 heavy (non-hydrogen) atoms. The topological polar surface area (TPSA) is 6.48 Å². The molecule has 2 nitrogen and oxygen atoms in total. The molecule has 0 saturated carbocycles. The maximum absolute atomic E-state index is 3.48. The third kappa shape index (κ3) is 4.62. The van der Waals surface area contributed by atoms with E-state index in [-0.39, 0.29) is 0 Å². The number of halogens is 1. The van der Waals surface area contributed by atoms with Crippen LogP contribution in [0.5, 0.6) is 0 Å². The molecule has 3 aliphatic rings. The Bertz CT molecular complexity index is 849. The van der Waals surface area contributed by atoms with Gasteiger partial charge in [0.2, 0.25) is 0 Å². The van der Waals surface area contributed by atoms with Crippen LogP contribution in [0.25, 0.3) is 0 Å². The Morgan fingerprint density at radius 3 is 1.07 bits per heavy atom. The van der Waals surface area contributed by atoms with Crippen molar-refractivity contribution in [3.63, 3.8) is 0 Å². The summed E-state index contributed by atoms with van der Waals surface area (Å²) in [5.74, 6) is 3.48. The average molecular weight is 506 g/mol. The summed E-state index contributed by atoms with van der Waals surface area (Å²) in [6, 6.07) is 31.5. The van der Waals surface area contributed by atoms with Crippen molar-refractivity contribution < 1.29 is 0 Å². The maximum atomic E-state index is 3.48. The zero-order valence-corrected chi connectivity index (χ0v) is 19.3. The van der Waals surface area contributed by atoms with E-state index in [9.17, 15) is 0 Å². The van der Waals surface area contributed by atoms with Gasteiger partial charge in [0.25, 0.3) is 0 Å². The second-order valence-corrected chi connectivity index (χ2v) is 8.29. The van der Waals surface area contributed by atoms with Crippen LogP contribution in [-0.4, -0.2) is 49.1 Å². The van der Waals surface area contributed by atoms with Crippen molar-refractivity contribution >= 4 is 22.6 Å². The van der Waals surface area contributed by atoms with E-state index in [4.69, 9.17) is 0 Å². The minimum atomic E-state index is -0.440. The molecule has 0 aromatic heterocycles. The van der Waals surface area contributed by atoms with Gasteiger partial charge in [-0.3, -0.25) is 9.80 Å².